The van der Waals surface area contributed by atoms with Gasteiger partial charge in [0.25, 0.3) is 0 Å². The predicted octanol–water partition coefficient (Wildman–Crippen LogP) is 4.88. The summed E-state index contributed by atoms with van der Waals surface area (Å²) in [7, 11) is 5.39. The van der Waals surface area contributed by atoms with E-state index in [2.05, 4.69) is 47.9 Å². The molecule has 0 aliphatic carbocycles. The number of ether oxygens (including phenoxy) is 6. The van der Waals surface area contributed by atoms with Gasteiger partial charge in [-0.1, -0.05) is 53.1 Å². The first-order chi connectivity index (χ1) is 29.3. The number of cyclic esters (lactones) is 1. The van der Waals surface area contributed by atoms with Crippen molar-refractivity contribution in [2.75, 3.05) is 46.2 Å². The molecule has 0 spiro atoms. The molecule has 4 heterocycles. The normalized spacial score (nSPS) is 42.6. The highest BCUT2D eigenvalue weighted by atomic mass is 35.5. The first-order valence-electron chi connectivity index (χ1n) is 23.1. The van der Waals surface area contributed by atoms with Crippen LogP contribution >= 0.6 is 11.6 Å². The highest BCUT2D eigenvalue weighted by molar-refractivity contribution is 6.29. The van der Waals surface area contributed by atoms with E-state index in [1.807, 2.05) is 46.7 Å². The van der Waals surface area contributed by atoms with Crippen LogP contribution in [0.1, 0.15) is 115 Å². The minimum atomic E-state index is -1.77. The van der Waals surface area contributed by atoms with E-state index in [9.17, 15) is 25.2 Å². The Hall–Kier alpha value is -1.80. The second-order valence-corrected chi connectivity index (χ2v) is 20.6. The molecule has 0 aromatic carbocycles. The summed E-state index contributed by atoms with van der Waals surface area (Å²) >= 11 is 5.96. The Morgan fingerprint density at radius 2 is 1.65 bits per heavy atom. The van der Waals surface area contributed by atoms with Gasteiger partial charge in [-0.25, -0.2) is 9.97 Å². The van der Waals surface area contributed by atoms with E-state index < -0.39 is 89.2 Å². The molecule has 16 nitrogen and oxygen atoms in total. The number of anilines is 1. The highest BCUT2D eigenvalue weighted by Gasteiger charge is 2.58. The third kappa shape index (κ3) is 12.2. The predicted molar refractivity (Wildman–Crippen MR) is 241 cm³/mol. The maximum atomic E-state index is 14.6. The molecule has 63 heavy (non-hydrogen) atoms. The number of hydrogen-bond donors (Lipinski definition) is 5. The zero-order valence-electron chi connectivity index (χ0n) is 40.7. The number of rotatable bonds is 12. The van der Waals surface area contributed by atoms with E-state index in [1.54, 1.807) is 20.8 Å². The Kier molecular flexibility index (Phi) is 18.7. The molecule has 0 bridgehead atoms. The second-order valence-electron chi connectivity index (χ2n) is 20.2. The number of carbonyl (C=O) groups excluding carboxylic acids is 1. The van der Waals surface area contributed by atoms with Gasteiger partial charge in [0.1, 0.15) is 40.0 Å². The fourth-order valence-electron chi connectivity index (χ4n) is 10.5. The summed E-state index contributed by atoms with van der Waals surface area (Å²) in [5, 5.41) is 51.3. The van der Waals surface area contributed by atoms with Gasteiger partial charge in [0.05, 0.1) is 55.4 Å². The Morgan fingerprint density at radius 3 is 2.22 bits per heavy atom. The number of aliphatic hydroxyl groups excluding tert-OH is 2. The van der Waals surface area contributed by atoms with Crippen LogP contribution in [0.2, 0.25) is 5.15 Å². The van der Waals surface area contributed by atoms with Gasteiger partial charge in [0, 0.05) is 38.1 Å². The van der Waals surface area contributed by atoms with Crippen LogP contribution < -0.4 is 5.32 Å². The summed E-state index contributed by atoms with van der Waals surface area (Å²) in [6, 6.07) is -0.241. The molecule has 0 amide bonds. The Labute approximate surface area is 382 Å². The SMILES string of the molecule is CCCN1C[C@H](C)[C@@H](O)[C@](C)(O)[C@@H](CC)OC(=O)[C@H](C)[C@H](O[C@@H]2C[C@](C)(OC)[C@@](O)(CNc3cnc(Cl)cn3)[C@H](C)O2)[C@H](C)[C@@H](O[C@@H]2O[C@H](C)C[C@H](N(C)C)[C@H]2O)C(C)(C)C[C@H]1C. The molecule has 1 aromatic heterocycles. The molecular weight excluding hydrogens is 834 g/mol. The number of halogens is 1. The van der Waals surface area contributed by atoms with Crippen molar-refractivity contribution in [2.24, 2.45) is 23.2 Å². The molecule has 3 fully saturated rings. The van der Waals surface area contributed by atoms with Crippen molar-refractivity contribution in [3.05, 3.63) is 17.5 Å². The second kappa shape index (κ2) is 21.9. The summed E-state index contributed by atoms with van der Waals surface area (Å²) in [4.78, 5) is 27.3. The van der Waals surface area contributed by atoms with Gasteiger partial charge in [-0.05, 0) is 99.2 Å². The maximum Gasteiger partial charge on any atom is 0.311 e. The number of aromatic nitrogens is 2. The van der Waals surface area contributed by atoms with Gasteiger partial charge in [-0.3, -0.25) is 4.79 Å². The quantitative estimate of drug-likeness (QED) is 0.178. The fraction of sp³-hybridized carbons (Fsp3) is 0.891. The first kappa shape index (κ1) is 53.8. The van der Waals surface area contributed by atoms with E-state index in [-0.39, 0.29) is 48.6 Å². The number of carbonyl (C=O) groups is 1. The zero-order chi connectivity index (χ0) is 47.4. The van der Waals surface area contributed by atoms with Crippen LogP contribution in [-0.4, -0.2) is 171 Å². The van der Waals surface area contributed by atoms with Crippen molar-refractivity contribution in [3.63, 3.8) is 0 Å². The van der Waals surface area contributed by atoms with E-state index in [0.29, 0.717) is 25.2 Å². The number of likely N-dealkylation sites (N-methyl/N-ethyl adjacent to an activating group) is 1. The van der Waals surface area contributed by atoms with Crippen LogP contribution in [0.4, 0.5) is 5.82 Å². The Morgan fingerprint density at radius 1 is 0.984 bits per heavy atom. The minimum absolute atomic E-state index is 0.0136. The van der Waals surface area contributed by atoms with Crippen molar-refractivity contribution >= 4 is 23.4 Å². The van der Waals surface area contributed by atoms with Crippen molar-refractivity contribution in [2.45, 2.75) is 199 Å². The minimum Gasteiger partial charge on any atom is -0.459 e. The molecule has 17 atom stereocenters. The summed E-state index contributed by atoms with van der Waals surface area (Å²) < 4.78 is 39.4. The number of nitrogens with zero attached hydrogens (tertiary/aromatic N) is 4. The third-order valence-electron chi connectivity index (χ3n) is 14.5. The molecule has 4 rings (SSSR count). The first-order valence-corrected chi connectivity index (χ1v) is 23.4. The standard InChI is InChI=1S/C46H82ClN5O11/c1-16-18-52-24-26(3)39(54)45(12,56)33(17-2)61-41(55)30(7)38(29(6)40(43(9,10)20-27(52)4)63-42-37(53)32(51(13)14)19-28(5)59-42)62-36-21-44(11,58-15)46(57,31(8)60-36)25-50-35-23-48-34(47)22-49-35/h22-23,26-33,36-40,42,53-54,56-57H,16-21,24-25H2,1-15H3,(H,49,50)/t26-,27+,28+,29-,30+,31-,32-,33+,36+,37+,38+,39+,40+,42-,44-,45+,46+/m0/s1. The van der Waals surface area contributed by atoms with Crippen LogP contribution in [0.3, 0.4) is 0 Å². The summed E-state index contributed by atoms with van der Waals surface area (Å²) in [5.41, 5.74) is -5.24. The molecule has 0 unspecified atom stereocenters. The molecular formula is C46H82ClN5O11. The van der Waals surface area contributed by atoms with E-state index in [1.165, 1.54) is 26.4 Å². The third-order valence-corrected chi connectivity index (χ3v) is 14.7. The van der Waals surface area contributed by atoms with Gasteiger partial charge < -0.3 is 64.0 Å². The summed E-state index contributed by atoms with van der Waals surface area (Å²) in [6.45, 7) is 24.2. The monoisotopic (exact) mass is 916 g/mol. The van der Waals surface area contributed by atoms with E-state index in [0.717, 1.165) is 13.0 Å². The van der Waals surface area contributed by atoms with Gasteiger partial charge in [-0.2, -0.15) is 0 Å². The van der Waals surface area contributed by atoms with E-state index in [4.69, 9.17) is 40.0 Å². The number of nitrogens with one attached hydrogen (secondary N) is 1. The summed E-state index contributed by atoms with van der Waals surface area (Å²) in [5.74, 6) is -2.15. The molecule has 3 saturated heterocycles. The number of hydrogen-bond acceptors (Lipinski definition) is 16. The highest BCUT2D eigenvalue weighted by Crippen LogP contribution is 2.45. The number of aliphatic hydroxyl groups is 4. The lowest BCUT2D eigenvalue weighted by Gasteiger charge is -2.53. The molecule has 5 N–H and O–H groups in total. The summed E-state index contributed by atoms with van der Waals surface area (Å²) in [6.07, 6.45) is -2.61. The van der Waals surface area contributed by atoms with E-state index >= 15 is 0 Å². The van der Waals surface area contributed by atoms with Crippen LogP contribution in [0, 0.1) is 23.2 Å². The zero-order valence-corrected chi connectivity index (χ0v) is 41.5. The Balaban J connectivity index is 1.83. The molecule has 17 heteroatoms. The fourth-order valence-corrected chi connectivity index (χ4v) is 10.6. The van der Waals surface area contributed by atoms with Crippen LogP contribution in [-0.2, 0) is 33.2 Å². The van der Waals surface area contributed by atoms with Crippen molar-refractivity contribution in [1.29, 1.82) is 0 Å². The molecule has 0 saturated carbocycles. The molecule has 364 valence electrons. The lowest BCUT2D eigenvalue weighted by Crippen LogP contribution is -2.69. The number of esters is 1. The van der Waals surface area contributed by atoms with Crippen LogP contribution in [0.25, 0.3) is 0 Å². The van der Waals surface area contributed by atoms with Crippen LogP contribution in [0.5, 0.6) is 0 Å². The topological polar surface area (TPSA) is 198 Å². The molecule has 1 aromatic rings. The number of methoxy groups -OCH3 is 1. The van der Waals surface area contributed by atoms with Crippen molar-refractivity contribution in [3.8, 4) is 0 Å². The Bertz CT molecular complexity index is 1600. The smallest absolute Gasteiger partial charge is 0.311 e. The van der Waals surface area contributed by atoms with Crippen LogP contribution in [0.15, 0.2) is 12.4 Å². The van der Waals surface area contributed by atoms with Gasteiger partial charge in [-0.15, -0.1) is 0 Å². The van der Waals surface area contributed by atoms with Gasteiger partial charge in [0.15, 0.2) is 12.6 Å². The van der Waals surface area contributed by atoms with Crippen molar-refractivity contribution in [1.82, 2.24) is 19.8 Å². The maximum absolute atomic E-state index is 14.6. The lowest BCUT2D eigenvalue weighted by atomic mass is 9.72. The lowest BCUT2D eigenvalue weighted by molar-refractivity contribution is -0.333. The molecule has 0 radical (unpaired) electrons. The molecule has 3 aliphatic heterocycles. The average molecular weight is 917 g/mol. The average Bonchev–Trinajstić information content (AvgIpc) is 3.21. The van der Waals surface area contributed by atoms with Crippen molar-refractivity contribution < 1.29 is 53.6 Å². The molecule has 3 aliphatic rings. The van der Waals surface area contributed by atoms with Gasteiger partial charge in [0.2, 0.25) is 0 Å². The largest absolute Gasteiger partial charge is 0.459 e. The van der Waals surface area contributed by atoms with Gasteiger partial charge >= 0.3 is 5.97 Å².